The van der Waals surface area contributed by atoms with E-state index in [1.165, 1.54) is 0 Å². The molecule has 0 aliphatic heterocycles. The van der Waals surface area contributed by atoms with Crippen LogP contribution in [0.1, 0.15) is 31.4 Å². The molecule has 1 heterocycles. The molecule has 2 rings (SSSR count). The van der Waals surface area contributed by atoms with Crippen LogP contribution in [0.25, 0.3) is 0 Å². The molecule has 1 saturated carbocycles. The summed E-state index contributed by atoms with van der Waals surface area (Å²) in [6.45, 7) is 2.01. The van der Waals surface area contributed by atoms with E-state index in [2.05, 4.69) is 21.9 Å². The molecule has 4 nitrogen and oxygen atoms in total. The lowest BCUT2D eigenvalue weighted by molar-refractivity contribution is 0.383. The minimum atomic E-state index is 0.396. The average Bonchev–Trinajstić information content (AvgIpc) is 2.30. The minimum Gasteiger partial charge on any atom is -0.355 e. The first-order valence-electron chi connectivity index (χ1n) is 5.94. The zero-order chi connectivity index (χ0) is 11.5. The molecule has 0 aromatic carbocycles. The van der Waals surface area contributed by atoms with Gasteiger partial charge in [0.05, 0.1) is 5.69 Å². The molecule has 1 aliphatic rings. The van der Waals surface area contributed by atoms with Crippen LogP contribution in [-0.4, -0.2) is 29.1 Å². The molecule has 16 heavy (non-hydrogen) atoms. The Hall–Kier alpha value is -1.16. The van der Waals surface area contributed by atoms with E-state index in [4.69, 9.17) is 5.73 Å². The van der Waals surface area contributed by atoms with E-state index in [1.54, 1.807) is 12.4 Å². The predicted octanol–water partition coefficient (Wildman–Crippen LogP) is 1.49. The van der Waals surface area contributed by atoms with E-state index in [1.807, 2.05) is 6.92 Å². The highest BCUT2D eigenvalue weighted by molar-refractivity contribution is 5.42. The fraction of sp³-hybridized carbons (Fsp3) is 0.667. The Kier molecular flexibility index (Phi) is 3.39. The Morgan fingerprint density at radius 2 is 1.81 bits per heavy atom. The molecular weight excluding hydrogens is 200 g/mol. The van der Waals surface area contributed by atoms with Crippen LogP contribution in [0, 0.1) is 6.92 Å². The van der Waals surface area contributed by atoms with Gasteiger partial charge in [0.1, 0.15) is 5.82 Å². The number of hydrogen-bond donors (Lipinski definition) is 1. The van der Waals surface area contributed by atoms with Gasteiger partial charge in [-0.25, -0.2) is 4.98 Å². The molecule has 1 aromatic rings. The highest BCUT2D eigenvalue weighted by Gasteiger charge is 2.23. The molecule has 0 atom stereocenters. The van der Waals surface area contributed by atoms with Crippen molar-refractivity contribution >= 4 is 5.82 Å². The van der Waals surface area contributed by atoms with Crippen LogP contribution in [0.15, 0.2) is 12.4 Å². The molecule has 0 amide bonds. The zero-order valence-electron chi connectivity index (χ0n) is 10.1. The summed E-state index contributed by atoms with van der Waals surface area (Å²) in [5.74, 6) is 1.00. The van der Waals surface area contributed by atoms with Gasteiger partial charge in [0.15, 0.2) is 0 Å². The fourth-order valence-corrected chi connectivity index (χ4v) is 2.41. The van der Waals surface area contributed by atoms with Gasteiger partial charge >= 0.3 is 0 Å². The highest BCUT2D eigenvalue weighted by Crippen LogP contribution is 2.25. The molecule has 0 bridgehead atoms. The normalized spacial score (nSPS) is 25.4. The minimum absolute atomic E-state index is 0.396. The molecule has 2 N–H and O–H groups in total. The molecule has 1 aliphatic carbocycles. The molecule has 88 valence electrons. The third-order valence-electron chi connectivity index (χ3n) is 3.48. The van der Waals surface area contributed by atoms with Crippen molar-refractivity contribution in [3.05, 3.63) is 18.1 Å². The van der Waals surface area contributed by atoms with Gasteiger partial charge in [0.2, 0.25) is 0 Å². The first-order chi connectivity index (χ1) is 7.68. The van der Waals surface area contributed by atoms with Gasteiger partial charge in [0.25, 0.3) is 0 Å². The molecule has 0 unspecified atom stereocenters. The van der Waals surface area contributed by atoms with Gasteiger partial charge in [-0.3, -0.25) is 4.98 Å². The Balaban J connectivity index is 2.07. The molecule has 0 saturated heterocycles. The largest absolute Gasteiger partial charge is 0.355 e. The topological polar surface area (TPSA) is 55.0 Å². The average molecular weight is 220 g/mol. The first kappa shape index (κ1) is 11.3. The summed E-state index contributed by atoms with van der Waals surface area (Å²) >= 11 is 0. The van der Waals surface area contributed by atoms with Crippen LogP contribution in [0.4, 0.5) is 5.82 Å². The Morgan fingerprint density at radius 3 is 2.44 bits per heavy atom. The van der Waals surface area contributed by atoms with Gasteiger partial charge in [-0.15, -0.1) is 0 Å². The third kappa shape index (κ3) is 2.32. The Morgan fingerprint density at radius 1 is 1.19 bits per heavy atom. The van der Waals surface area contributed by atoms with Gasteiger partial charge < -0.3 is 10.6 Å². The van der Waals surface area contributed by atoms with Gasteiger partial charge in [-0.2, -0.15) is 0 Å². The third-order valence-corrected chi connectivity index (χ3v) is 3.48. The maximum Gasteiger partial charge on any atom is 0.150 e. The second-order valence-corrected chi connectivity index (χ2v) is 4.64. The van der Waals surface area contributed by atoms with Crippen LogP contribution in [0.2, 0.25) is 0 Å². The lowest BCUT2D eigenvalue weighted by atomic mass is 9.91. The van der Waals surface area contributed by atoms with E-state index in [-0.39, 0.29) is 0 Å². The molecular formula is C12H20N4. The van der Waals surface area contributed by atoms with E-state index in [9.17, 15) is 0 Å². The second-order valence-electron chi connectivity index (χ2n) is 4.64. The van der Waals surface area contributed by atoms with E-state index >= 15 is 0 Å². The fourth-order valence-electron chi connectivity index (χ4n) is 2.41. The van der Waals surface area contributed by atoms with Crippen molar-refractivity contribution in [3.63, 3.8) is 0 Å². The summed E-state index contributed by atoms with van der Waals surface area (Å²) in [5.41, 5.74) is 6.92. The number of aryl methyl sites for hydroxylation is 1. The summed E-state index contributed by atoms with van der Waals surface area (Å²) in [4.78, 5) is 10.9. The molecule has 1 aromatic heterocycles. The van der Waals surface area contributed by atoms with Crippen LogP contribution in [0.3, 0.4) is 0 Å². The summed E-state index contributed by atoms with van der Waals surface area (Å²) in [5, 5.41) is 0. The number of rotatable bonds is 2. The maximum absolute atomic E-state index is 5.92. The number of nitrogens with zero attached hydrogens (tertiary/aromatic N) is 3. The standard InChI is InChI=1S/C12H20N4/c1-9-12(15-8-7-14-9)16(2)11-5-3-10(13)4-6-11/h7-8,10-11H,3-6,13H2,1-2H3. The number of hydrogen-bond acceptors (Lipinski definition) is 4. The highest BCUT2D eigenvalue weighted by atomic mass is 15.2. The van der Waals surface area contributed by atoms with Crippen molar-refractivity contribution in [2.75, 3.05) is 11.9 Å². The van der Waals surface area contributed by atoms with Gasteiger partial charge in [0, 0.05) is 31.5 Å². The molecule has 0 spiro atoms. The zero-order valence-corrected chi connectivity index (χ0v) is 10.1. The van der Waals surface area contributed by atoms with Crippen LogP contribution >= 0.6 is 0 Å². The Bertz CT molecular complexity index is 345. The number of anilines is 1. The SMILES string of the molecule is Cc1nccnc1N(C)C1CCC(N)CC1. The second kappa shape index (κ2) is 4.78. The van der Waals surface area contributed by atoms with Gasteiger partial charge in [-0.05, 0) is 32.6 Å². The van der Waals surface area contributed by atoms with Crippen molar-refractivity contribution in [2.24, 2.45) is 5.73 Å². The first-order valence-corrected chi connectivity index (χ1v) is 5.94. The van der Waals surface area contributed by atoms with Crippen molar-refractivity contribution in [3.8, 4) is 0 Å². The number of aromatic nitrogens is 2. The monoisotopic (exact) mass is 220 g/mol. The van der Waals surface area contributed by atoms with Crippen LogP contribution in [-0.2, 0) is 0 Å². The lowest BCUT2D eigenvalue weighted by Gasteiger charge is -2.34. The van der Waals surface area contributed by atoms with Crippen LogP contribution in [0.5, 0.6) is 0 Å². The quantitative estimate of drug-likeness (QED) is 0.820. The van der Waals surface area contributed by atoms with E-state index in [0.717, 1.165) is 37.2 Å². The van der Waals surface area contributed by atoms with Crippen molar-refractivity contribution < 1.29 is 0 Å². The summed E-state index contributed by atoms with van der Waals surface area (Å²) in [7, 11) is 2.11. The smallest absolute Gasteiger partial charge is 0.150 e. The van der Waals surface area contributed by atoms with Crippen LogP contribution < -0.4 is 10.6 Å². The van der Waals surface area contributed by atoms with Gasteiger partial charge in [-0.1, -0.05) is 0 Å². The molecule has 0 radical (unpaired) electrons. The van der Waals surface area contributed by atoms with Crippen molar-refractivity contribution in [1.29, 1.82) is 0 Å². The van der Waals surface area contributed by atoms with Crippen molar-refractivity contribution in [1.82, 2.24) is 9.97 Å². The maximum atomic E-state index is 5.92. The Labute approximate surface area is 96.9 Å². The number of nitrogens with two attached hydrogens (primary N) is 1. The summed E-state index contributed by atoms with van der Waals surface area (Å²) < 4.78 is 0. The molecule has 1 fully saturated rings. The summed E-state index contributed by atoms with van der Waals surface area (Å²) in [6, 6.07) is 0.961. The molecule has 4 heteroatoms. The lowest BCUT2D eigenvalue weighted by Crippen LogP contribution is -2.39. The van der Waals surface area contributed by atoms with E-state index in [0.29, 0.717) is 12.1 Å². The summed E-state index contributed by atoms with van der Waals surface area (Å²) in [6.07, 6.45) is 8.06. The van der Waals surface area contributed by atoms with E-state index < -0.39 is 0 Å². The predicted molar refractivity (Wildman–Crippen MR) is 65.4 cm³/mol. The van der Waals surface area contributed by atoms with Crippen molar-refractivity contribution in [2.45, 2.75) is 44.7 Å².